The molecule has 1 aliphatic heterocycles. The van der Waals surface area contributed by atoms with E-state index in [0.717, 1.165) is 15.7 Å². The molecule has 0 unspecified atom stereocenters. The molecule has 5 nitrogen and oxygen atoms in total. The Morgan fingerprint density at radius 1 is 1.25 bits per heavy atom. The molecule has 1 heterocycles. The van der Waals surface area contributed by atoms with Crippen LogP contribution in [0.15, 0.2) is 46.9 Å². The number of anilines is 1. The first kappa shape index (κ1) is 16.4. The zero-order valence-electron chi connectivity index (χ0n) is 13.0. The molecule has 0 saturated carbocycles. The van der Waals surface area contributed by atoms with Gasteiger partial charge in [-0.3, -0.25) is 4.79 Å². The van der Waals surface area contributed by atoms with E-state index in [1.165, 1.54) is 6.08 Å². The van der Waals surface area contributed by atoms with E-state index in [1.807, 2.05) is 30.3 Å². The predicted molar refractivity (Wildman–Crippen MR) is 95.8 cm³/mol. The molecule has 2 aromatic carbocycles. The minimum atomic E-state index is -0.220. The van der Waals surface area contributed by atoms with Gasteiger partial charge in [-0.15, -0.1) is 0 Å². The number of hydrogen-bond donors (Lipinski definition) is 1. The smallest absolute Gasteiger partial charge is 0.248 e. The molecule has 3 rings (SSSR count). The molecule has 0 atom stereocenters. The number of carbonyl (C=O) groups is 1. The van der Waals surface area contributed by atoms with Crippen LogP contribution in [0.4, 0.5) is 5.69 Å². The number of fused-ring (bicyclic) bond motifs is 1. The number of benzene rings is 2. The summed E-state index contributed by atoms with van der Waals surface area (Å²) in [6.45, 7) is 0.986. The molecule has 0 fully saturated rings. The number of nitrogens with one attached hydrogen (secondary N) is 1. The van der Waals surface area contributed by atoms with Gasteiger partial charge in [-0.25, -0.2) is 0 Å². The van der Waals surface area contributed by atoms with Crippen LogP contribution in [-0.2, 0) is 4.79 Å². The highest BCUT2D eigenvalue weighted by Crippen LogP contribution is 2.40. The predicted octanol–water partition coefficient (Wildman–Crippen LogP) is 3.88. The van der Waals surface area contributed by atoms with Crippen molar-refractivity contribution in [2.45, 2.75) is 0 Å². The second-order valence-electron chi connectivity index (χ2n) is 5.08. The van der Waals surface area contributed by atoms with Crippen molar-refractivity contribution in [3.05, 3.63) is 52.5 Å². The standard InChI is InChI=1S/C18H16BrNO4/c1-22-15-9-12(10-16-18(15)24-8-7-23-16)5-6-17(21)20-14-4-2-3-13(19)11-14/h2-6,9-11H,7-8H2,1H3,(H,20,21). The van der Waals surface area contributed by atoms with Crippen molar-refractivity contribution in [2.75, 3.05) is 25.6 Å². The molecule has 1 N–H and O–H groups in total. The zero-order chi connectivity index (χ0) is 16.9. The molecule has 0 spiro atoms. The lowest BCUT2D eigenvalue weighted by Crippen LogP contribution is -2.16. The molecule has 0 aliphatic carbocycles. The Bertz CT molecular complexity index is 771. The minimum Gasteiger partial charge on any atom is -0.493 e. The monoisotopic (exact) mass is 389 g/mol. The third-order valence-corrected chi connectivity index (χ3v) is 3.86. The van der Waals surface area contributed by atoms with Gasteiger partial charge in [-0.1, -0.05) is 22.0 Å². The Labute approximate surface area is 148 Å². The van der Waals surface area contributed by atoms with E-state index in [1.54, 1.807) is 19.3 Å². The van der Waals surface area contributed by atoms with Crippen LogP contribution in [0.5, 0.6) is 17.2 Å². The molecule has 1 amide bonds. The fourth-order valence-electron chi connectivity index (χ4n) is 2.31. The molecule has 124 valence electrons. The van der Waals surface area contributed by atoms with Crippen LogP contribution in [0.2, 0.25) is 0 Å². The van der Waals surface area contributed by atoms with Crippen LogP contribution < -0.4 is 19.5 Å². The Hall–Kier alpha value is -2.47. The summed E-state index contributed by atoms with van der Waals surface area (Å²) < 4.78 is 17.4. The van der Waals surface area contributed by atoms with Gasteiger partial charge in [0, 0.05) is 16.2 Å². The molecule has 24 heavy (non-hydrogen) atoms. The molecule has 1 aliphatic rings. The maximum atomic E-state index is 12.0. The molecule has 0 bridgehead atoms. The normalized spacial score (nSPS) is 12.9. The topological polar surface area (TPSA) is 56.8 Å². The highest BCUT2D eigenvalue weighted by atomic mass is 79.9. The molecular weight excluding hydrogens is 374 g/mol. The fraction of sp³-hybridized carbons (Fsp3) is 0.167. The molecule has 2 aromatic rings. The van der Waals surface area contributed by atoms with Crippen molar-refractivity contribution in [3.8, 4) is 17.2 Å². The number of rotatable bonds is 4. The number of carbonyl (C=O) groups excluding carboxylic acids is 1. The van der Waals surface area contributed by atoms with Crippen LogP contribution in [0.1, 0.15) is 5.56 Å². The minimum absolute atomic E-state index is 0.220. The maximum Gasteiger partial charge on any atom is 0.248 e. The van der Waals surface area contributed by atoms with Crippen molar-refractivity contribution >= 4 is 33.6 Å². The third kappa shape index (κ3) is 3.89. The Balaban J connectivity index is 1.75. The van der Waals surface area contributed by atoms with Gasteiger partial charge in [0.05, 0.1) is 7.11 Å². The van der Waals surface area contributed by atoms with E-state index in [9.17, 15) is 4.79 Å². The van der Waals surface area contributed by atoms with Gasteiger partial charge in [-0.05, 0) is 42.0 Å². The molecule has 0 aromatic heterocycles. The van der Waals surface area contributed by atoms with Gasteiger partial charge >= 0.3 is 0 Å². The van der Waals surface area contributed by atoms with Gasteiger partial charge < -0.3 is 19.5 Å². The van der Waals surface area contributed by atoms with Crippen molar-refractivity contribution in [1.82, 2.24) is 0 Å². The molecule has 0 saturated heterocycles. The summed E-state index contributed by atoms with van der Waals surface area (Å²) >= 11 is 3.37. The number of hydrogen-bond acceptors (Lipinski definition) is 4. The molecule has 6 heteroatoms. The quantitative estimate of drug-likeness (QED) is 0.806. The van der Waals surface area contributed by atoms with Crippen LogP contribution in [0.25, 0.3) is 6.08 Å². The number of halogens is 1. The summed E-state index contributed by atoms with van der Waals surface area (Å²) in [5, 5.41) is 2.80. The lowest BCUT2D eigenvalue weighted by molar-refractivity contribution is -0.111. The Morgan fingerprint density at radius 3 is 2.88 bits per heavy atom. The molecule has 0 radical (unpaired) electrons. The highest BCUT2D eigenvalue weighted by Gasteiger charge is 2.17. The first-order chi connectivity index (χ1) is 11.7. The summed E-state index contributed by atoms with van der Waals surface area (Å²) in [6.07, 6.45) is 3.17. The maximum absolute atomic E-state index is 12.0. The second kappa shape index (κ2) is 7.40. The van der Waals surface area contributed by atoms with Crippen molar-refractivity contribution < 1.29 is 19.0 Å². The Morgan fingerprint density at radius 2 is 2.08 bits per heavy atom. The average Bonchev–Trinajstić information content (AvgIpc) is 2.59. The van der Waals surface area contributed by atoms with E-state index < -0.39 is 0 Å². The summed E-state index contributed by atoms with van der Waals surface area (Å²) in [4.78, 5) is 12.0. The fourth-order valence-corrected chi connectivity index (χ4v) is 2.71. The lowest BCUT2D eigenvalue weighted by Gasteiger charge is -2.20. The zero-order valence-corrected chi connectivity index (χ0v) is 14.6. The van der Waals surface area contributed by atoms with E-state index in [-0.39, 0.29) is 5.91 Å². The number of methoxy groups -OCH3 is 1. The van der Waals surface area contributed by atoms with E-state index in [2.05, 4.69) is 21.2 Å². The van der Waals surface area contributed by atoms with Crippen LogP contribution in [0.3, 0.4) is 0 Å². The second-order valence-corrected chi connectivity index (χ2v) is 6.00. The lowest BCUT2D eigenvalue weighted by atomic mass is 10.1. The van der Waals surface area contributed by atoms with Crippen molar-refractivity contribution in [2.24, 2.45) is 0 Å². The SMILES string of the molecule is COc1cc(C=CC(=O)Nc2cccc(Br)c2)cc2c1OCCO2. The van der Waals surface area contributed by atoms with Crippen LogP contribution >= 0.6 is 15.9 Å². The van der Waals surface area contributed by atoms with E-state index in [0.29, 0.717) is 30.5 Å². The number of amides is 1. The van der Waals surface area contributed by atoms with Gasteiger partial charge in [0.25, 0.3) is 0 Å². The van der Waals surface area contributed by atoms with Gasteiger partial charge in [-0.2, -0.15) is 0 Å². The first-order valence-corrected chi connectivity index (χ1v) is 8.17. The summed E-state index contributed by atoms with van der Waals surface area (Å²) in [5.41, 5.74) is 1.51. The molecular formula is C18H16BrNO4. The highest BCUT2D eigenvalue weighted by molar-refractivity contribution is 9.10. The van der Waals surface area contributed by atoms with E-state index in [4.69, 9.17) is 14.2 Å². The first-order valence-electron chi connectivity index (χ1n) is 7.38. The van der Waals surface area contributed by atoms with Crippen LogP contribution in [0, 0.1) is 0 Å². The largest absolute Gasteiger partial charge is 0.493 e. The summed E-state index contributed by atoms with van der Waals surface area (Å²) in [7, 11) is 1.57. The third-order valence-electron chi connectivity index (χ3n) is 3.37. The summed E-state index contributed by atoms with van der Waals surface area (Å²) in [5.74, 6) is 1.58. The summed E-state index contributed by atoms with van der Waals surface area (Å²) in [6, 6.07) is 11.0. The van der Waals surface area contributed by atoms with Gasteiger partial charge in [0.2, 0.25) is 11.7 Å². The van der Waals surface area contributed by atoms with Gasteiger partial charge in [0.15, 0.2) is 11.5 Å². The van der Waals surface area contributed by atoms with Gasteiger partial charge in [0.1, 0.15) is 13.2 Å². The van der Waals surface area contributed by atoms with E-state index >= 15 is 0 Å². The van der Waals surface area contributed by atoms with Crippen molar-refractivity contribution in [3.63, 3.8) is 0 Å². The van der Waals surface area contributed by atoms with Crippen LogP contribution in [-0.4, -0.2) is 26.2 Å². The average molecular weight is 390 g/mol. The van der Waals surface area contributed by atoms with Crippen molar-refractivity contribution in [1.29, 1.82) is 0 Å². The Kier molecular flexibility index (Phi) is 5.05. The number of ether oxygens (including phenoxy) is 3.